The average molecular weight is 399 g/mol. The molecule has 2 aromatic rings. The van der Waals surface area contributed by atoms with E-state index in [4.69, 9.17) is 9.72 Å². The van der Waals surface area contributed by atoms with E-state index in [1.165, 1.54) is 54.8 Å². The highest BCUT2D eigenvalue weighted by Crippen LogP contribution is 2.39. The van der Waals surface area contributed by atoms with Crippen molar-refractivity contribution in [1.29, 1.82) is 0 Å². The molecule has 0 unspecified atom stereocenters. The van der Waals surface area contributed by atoms with Crippen molar-refractivity contribution in [1.82, 2.24) is 14.9 Å². The van der Waals surface area contributed by atoms with Gasteiger partial charge in [0.15, 0.2) is 0 Å². The van der Waals surface area contributed by atoms with Gasteiger partial charge in [-0.05, 0) is 25.0 Å². The van der Waals surface area contributed by atoms with E-state index < -0.39 is 8.07 Å². The van der Waals surface area contributed by atoms with Crippen LogP contribution in [0.2, 0.25) is 25.7 Å². The summed E-state index contributed by atoms with van der Waals surface area (Å²) in [6.45, 7) is 13.7. The zero-order chi connectivity index (χ0) is 19.7. The predicted octanol–water partition coefficient (Wildman–Crippen LogP) is 5.06. The van der Waals surface area contributed by atoms with Gasteiger partial charge in [-0.2, -0.15) is 0 Å². The molecule has 2 aromatic heterocycles. The summed E-state index contributed by atoms with van der Waals surface area (Å²) >= 11 is 0. The summed E-state index contributed by atoms with van der Waals surface area (Å²) in [6.07, 6.45) is 10.6. The lowest BCUT2D eigenvalue weighted by Crippen LogP contribution is -2.44. The van der Waals surface area contributed by atoms with Gasteiger partial charge < -0.3 is 19.5 Å². The third-order valence-electron chi connectivity index (χ3n) is 6.02. The maximum absolute atomic E-state index is 5.98. The van der Waals surface area contributed by atoms with Crippen molar-refractivity contribution in [2.75, 3.05) is 11.5 Å². The summed E-state index contributed by atoms with van der Waals surface area (Å²) in [5.41, 5.74) is 3.59. The first-order chi connectivity index (χ1) is 13.4. The highest BCUT2D eigenvalue weighted by atomic mass is 28.3. The molecule has 0 aromatic carbocycles. The number of rotatable bonds is 6. The zero-order valence-corrected chi connectivity index (χ0v) is 18.6. The molecule has 0 amide bonds. The number of nitrogens with zero attached hydrogens (tertiary/aromatic N) is 3. The fourth-order valence-corrected chi connectivity index (χ4v) is 5.14. The fourth-order valence-electron chi connectivity index (χ4n) is 4.38. The van der Waals surface area contributed by atoms with E-state index in [0.29, 0.717) is 12.8 Å². The standard InChI is InChI=1S/C22H34N4OSi/c1-17-23-14-18-15-24-22-20(21(18)26(17)19-8-6-5-7-9-19)10-11-25(22)16-27-12-13-28(2,3)4/h10-11,15,19,23H,1,5-9,12-14,16H2,2-4H3. The van der Waals surface area contributed by atoms with Crippen LogP contribution in [0, 0.1) is 0 Å². The van der Waals surface area contributed by atoms with Crippen LogP contribution in [-0.2, 0) is 18.0 Å². The first-order valence-electron chi connectivity index (χ1n) is 10.7. The zero-order valence-electron chi connectivity index (χ0n) is 17.6. The second kappa shape index (κ2) is 7.91. The van der Waals surface area contributed by atoms with E-state index in [1.807, 2.05) is 6.20 Å². The molecular formula is C22H34N4OSi. The molecule has 1 saturated carbocycles. The molecule has 0 atom stereocenters. The maximum atomic E-state index is 5.98. The van der Waals surface area contributed by atoms with Gasteiger partial charge in [0, 0.05) is 50.6 Å². The van der Waals surface area contributed by atoms with E-state index in [-0.39, 0.29) is 0 Å². The van der Waals surface area contributed by atoms with Gasteiger partial charge in [0.2, 0.25) is 0 Å². The van der Waals surface area contributed by atoms with Crippen molar-refractivity contribution in [2.45, 2.75) is 77.1 Å². The van der Waals surface area contributed by atoms with Gasteiger partial charge in [-0.3, -0.25) is 0 Å². The minimum Gasteiger partial charge on any atom is -0.368 e. The van der Waals surface area contributed by atoms with Crippen LogP contribution >= 0.6 is 0 Å². The molecule has 1 aliphatic carbocycles. The molecule has 0 radical (unpaired) electrons. The van der Waals surface area contributed by atoms with Gasteiger partial charge in [-0.1, -0.05) is 45.5 Å². The van der Waals surface area contributed by atoms with Crippen LogP contribution in [0.25, 0.3) is 11.0 Å². The minimum absolute atomic E-state index is 0.537. The molecule has 4 rings (SSSR count). The molecule has 1 N–H and O–H groups in total. The van der Waals surface area contributed by atoms with Crippen molar-refractivity contribution in [3.63, 3.8) is 0 Å². The third kappa shape index (κ3) is 3.98. The van der Waals surface area contributed by atoms with E-state index in [9.17, 15) is 0 Å². The quantitative estimate of drug-likeness (QED) is 0.545. The number of aromatic nitrogens is 2. The topological polar surface area (TPSA) is 42.3 Å². The Hall–Kier alpha value is -1.79. The summed E-state index contributed by atoms with van der Waals surface area (Å²) in [7, 11) is -1.06. The molecule has 1 fully saturated rings. The lowest BCUT2D eigenvalue weighted by Gasteiger charge is -2.41. The van der Waals surface area contributed by atoms with E-state index in [0.717, 1.165) is 24.6 Å². The highest BCUT2D eigenvalue weighted by molar-refractivity contribution is 6.76. The fraction of sp³-hybridized carbons (Fsp3) is 0.591. The van der Waals surface area contributed by atoms with Crippen LogP contribution in [0.15, 0.2) is 30.9 Å². The summed E-state index contributed by atoms with van der Waals surface area (Å²) < 4.78 is 8.13. The van der Waals surface area contributed by atoms with Gasteiger partial charge in [-0.25, -0.2) is 4.98 Å². The number of anilines is 1. The molecule has 0 bridgehead atoms. The van der Waals surface area contributed by atoms with Crippen LogP contribution in [0.1, 0.15) is 37.7 Å². The normalized spacial score (nSPS) is 18.4. The van der Waals surface area contributed by atoms with Crippen molar-refractivity contribution in [3.05, 3.63) is 36.4 Å². The van der Waals surface area contributed by atoms with Gasteiger partial charge in [-0.15, -0.1) is 0 Å². The SMILES string of the molecule is C=C1NCc2cnc3c(ccn3COCC[Si](C)(C)C)c2N1C1CCCCC1. The monoisotopic (exact) mass is 398 g/mol. The van der Waals surface area contributed by atoms with Crippen molar-refractivity contribution in [2.24, 2.45) is 0 Å². The summed E-state index contributed by atoms with van der Waals surface area (Å²) in [6, 6.07) is 3.93. The Morgan fingerprint density at radius 2 is 2.04 bits per heavy atom. The van der Waals surface area contributed by atoms with E-state index in [2.05, 4.69) is 53.3 Å². The van der Waals surface area contributed by atoms with Crippen molar-refractivity contribution >= 4 is 24.8 Å². The molecule has 152 valence electrons. The van der Waals surface area contributed by atoms with Crippen LogP contribution in [0.5, 0.6) is 0 Å². The Labute approximate surface area is 169 Å². The number of ether oxygens (including phenoxy) is 1. The van der Waals surface area contributed by atoms with Gasteiger partial charge in [0.05, 0.1) is 11.5 Å². The molecule has 5 nitrogen and oxygen atoms in total. The summed E-state index contributed by atoms with van der Waals surface area (Å²) in [5.74, 6) is 1.03. The summed E-state index contributed by atoms with van der Waals surface area (Å²) in [5, 5.41) is 4.70. The molecule has 28 heavy (non-hydrogen) atoms. The van der Waals surface area contributed by atoms with Gasteiger partial charge in [0.25, 0.3) is 0 Å². The number of pyridine rings is 1. The smallest absolute Gasteiger partial charge is 0.143 e. The molecule has 3 heterocycles. The Morgan fingerprint density at radius 3 is 2.79 bits per heavy atom. The Balaban J connectivity index is 1.60. The molecule has 0 spiro atoms. The lowest BCUT2D eigenvalue weighted by molar-refractivity contribution is 0.0899. The molecule has 6 heteroatoms. The number of fused-ring (bicyclic) bond motifs is 3. The highest BCUT2D eigenvalue weighted by Gasteiger charge is 2.30. The second-order valence-corrected chi connectivity index (χ2v) is 15.1. The first kappa shape index (κ1) is 19.5. The van der Waals surface area contributed by atoms with E-state index in [1.54, 1.807) is 0 Å². The molecule has 1 aliphatic heterocycles. The number of nitrogens with one attached hydrogen (secondary N) is 1. The van der Waals surface area contributed by atoms with Gasteiger partial charge in [0.1, 0.15) is 12.4 Å². The minimum atomic E-state index is -1.06. The van der Waals surface area contributed by atoms with Crippen LogP contribution in [0.4, 0.5) is 5.69 Å². The van der Waals surface area contributed by atoms with Crippen LogP contribution in [-0.4, -0.2) is 30.3 Å². The maximum Gasteiger partial charge on any atom is 0.143 e. The molecule has 2 aliphatic rings. The van der Waals surface area contributed by atoms with E-state index >= 15 is 0 Å². The van der Waals surface area contributed by atoms with Gasteiger partial charge >= 0.3 is 0 Å². The first-order valence-corrected chi connectivity index (χ1v) is 14.4. The van der Waals surface area contributed by atoms with Crippen LogP contribution < -0.4 is 10.2 Å². The largest absolute Gasteiger partial charge is 0.368 e. The lowest BCUT2D eigenvalue weighted by atomic mass is 9.92. The van der Waals surface area contributed by atoms with Crippen molar-refractivity contribution < 1.29 is 4.74 Å². The average Bonchev–Trinajstić information content (AvgIpc) is 3.08. The summed E-state index contributed by atoms with van der Waals surface area (Å²) in [4.78, 5) is 7.24. The predicted molar refractivity (Wildman–Crippen MR) is 119 cm³/mol. The third-order valence-corrected chi connectivity index (χ3v) is 7.72. The molecular weight excluding hydrogens is 364 g/mol. The Morgan fingerprint density at radius 1 is 1.25 bits per heavy atom. The Bertz CT molecular complexity index is 848. The number of hydrogen-bond acceptors (Lipinski definition) is 4. The Kier molecular flexibility index (Phi) is 5.52. The molecule has 0 saturated heterocycles. The second-order valence-electron chi connectivity index (χ2n) is 9.46. The van der Waals surface area contributed by atoms with Crippen LogP contribution in [0.3, 0.4) is 0 Å². The number of hydrogen-bond donors (Lipinski definition) is 1. The van der Waals surface area contributed by atoms with Crippen molar-refractivity contribution in [3.8, 4) is 0 Å².